The van der Waals surface area contributed by atoms with Crippen LogP contribution in [0.25, 0.3) is 0 Å². The van der Waals surface area contributed by atoms with Crippen molar-refractivity contribution in [1.29, 1.82) is 0 Å². The van der Waals surface area contributed by atoms with Crippen LogP contribution in [0.4, 0.5) is 5.69 Å². The van der Waals surface area contributed by atoms with E-state index in [1.165, 1.54) is 0 Å². The fourth-order valence-corrected chi connectivity index (χ4v) is 3.19. The van der Waals surface area contributed by atoms with Crippen LogP contribution in [0.5, 0.6) is 0 Å². The van der Waals surface area contributed by atoms with E-state index in [2.05, 4.69) is 16.0 Å². The highest BCUT2D eigenvalue weighted by atomic mass is 35.5. The maximum Gasteiger partial charge on any atom is 0.253 e. The average Bonchev–Trinajstić information content (AvgIpc) is 3.27. The second-order valence-corrected chi connectivity index (χ2v) is 6.47. The van der Waals surface area contributed by atoms with Crippen LogP contribution in [0.15, 0.2) is 24.3 Å². The zero-order chi connectivity index (χ0) is 16.8. The van der Waals surface area contributed by atoms with E-state index in [0.29, 0.717) is 25.6 Å². The third kappa shape index (κ3) is 5.99. The summed E-state index contributed by atoms with van der Waals surface area (Å²) in [4.78, 5) is 24.0. The lowest BCUT2D eigenvalue weighted by atomic mass is 10.1. The van der Waals surface area contributed by atoms with E-state index in [1.54, 1.807) is 0 Å². The van der Waals surface area contributed by atoms with Crippen molar-refractivity contribution < 1.29 is 14.3 Å². The van der Waals surface area contributed by atoms with Crippen LogP contribution in [-0.4, -0.2) is 37.1 Å². The van der Waals surface area contributed by atoms with Crippen LogP contribution in [0.1, 0.15) is 37.7 Å². The third-order valence-corrected chi connectivity index (χ3v) is 4.50. The molecule has 0 bridgehead atoms. The summed E-state index contributed by atoms with van der Waals surface area (Å²) in [5.74, 6) is -0.0378. The van der Waals surface area contributed by atoms with Gasteiger partial charge in [0.15, 0.2) is 0 Å². The standard InChI is InChI=1S/C18H25N3O3.ClH/c22-17(11-14-6-2-8-19-14)20-12-13-4-1-5-15(10-13)21-18(23)16-7-3-9-24-16;/h1,4-5,10,14,16,19H,2-3,6-9,11-12H2,(H,20,22)(H,21,23);1H. The van der Waals surface area contributed by atoms with Crippen LogP contribution in [0.3, 0.4) is 0 Å². The summed E-state index contributed by atoms with van der Waals surface area (Å²) < 4.78 is 5.38. The van der Waals surface area contributed by atoms with Crippen molar-refractivity contribution in [3.8, 4) is 0 Å². The summed E-state index contributed by atoms with van der Waals surface area (Å²) in [6, 6.07) is 7.87. The van der Waals surface area contributed by atoms with Gasteiger partial charge in [-0.05, 0) is 49.9 Å². The lowest BCUT2D eigenvalue weighted by Gasteiger charge is -2.13. The van der Waals surface area contributed by atoms with Crippen molar-refractivity contribution in [2.24, 2.45) is 0 Å². The van der Waals surface area contributed by atoms with Crippen LogP contribution in [0, 0.1) is 0 Å². The molecule has 2 amide bonds. The summed E-state index contributed by atoms with van der Waals surface area (Å²) >= 11 is 0. The number of hydrogen-bond donors (Lipinski definition) is 3. The van der Waals surface area contributed by atoms with Crippen molar-refractivity contribution in [1.82, 2.24) is 10.6 Å². The monoisotopic (exact) mass is 367 g/mol. The lowest BCUT2D eigenvalue weighted by Crippen LogP contribution is -2.31. The van der Waals surface area contributed by atoms with Crippen molar-refractivity contribution in [2.45, 2.75) is 50.8 Å². The van der Waals surface area contributed by atoms with Gasteiger partial charge in [0.2, 0.25) is 5.91 Å². The van der Waals surface area contributed by atoms with E-state index in [0.717, 1.165) is 43.5 Å². The van der Waals surface area contributed by atoms with Crippen molar-refractivity contribution >= 4 is 29.9 Å². The number of hydrogen-bond acceptors (Lipinski definition) is 4. The number of benzene rings is 1. The average molecular weight is 368 g/mol. The molecule has 2 unspecified atom stereocenters. The first-order valence-corrected chi connectivity index (χ1v) is 8.72. The Bertz CT molecular complexity index is 585. The predicted octanol–water partition coefficient (Wildman–Crippen LogP) is 1.98. The fraction of sp³-hybridized carbons (Fsp3) is 0.556. The smallest absolute Gasteiger partial charge is 0.253 e. The van der Waals surface area contributed by atoms with Crippen molar-refractivity contribution in [3.05, 3.63) is 29.8 Å². The van der Waals surface area contributed by atoms with Gasteiger partial charge in [0.25, 0.3) is 5.91 Å². The van der Waals surface area contributed by atoms with E-state index in [-0.39, 0.29) is 30.3 Å². The summed E-state index contributed by atoms with van der Waals surface area (Å²) in [5, 5.41) is 9.15. The van der Waals surface area contributed by atoms with E-state index in [9.17, 15) is 9.59 Å². The first-order chi connectivity index (χ1) is 11.7. The van der Waals surface area contributed by atoms with Gasteiger partial charge in [0.1, 0.15) is 6.10 Å². The van der Waals surface area contributed by atoms with Gasteiger partial charge in [-0.15, -0.1) is 12.4 Å². The SMILES string of the molecule is Cl.O=C(CC1CCCN1)NCc1cccc(NC(=O)C2CCCO2)c1. The van der Waals surface area contributed by atoms with Crippen molar-refractivity contribution in [3.63, 3.8) is 0 Å². The molecule has 2 saturated heterocycles. The largest absolute Gasteiger partial charge is 0.368 e. The normalized spacial score (nSPS) is 22.2. The molecule has 0 aliphatic carbocycles. The first kappa shape index (κ1) is 19.7. The van der Waals surface area contributed by atoms with E-state index in [1.807, 2.05) is 24.3 Å². The maximum absolute atomic E-state index is 12.1. The molecular weight excluding hydrogens is 342 g/mol. The molecule has 25 heavy (non-hydrogen) atoms. The quantitative estimate of drug-likeness (QED) is 0.718. The summed E-state index contributed by atoms with van der Waals surface area (Å²) in [5.41, 5.74) is 1.70. The maximum atomic E-state index is 12.1. The minimum absolute atomic E-state index is 0. The molecule has 6 nitrogen and oxygen atoms in total. The molecule has 3 N–H and O–H groups in total. The van der Waals surface area contributed by atoms with Crippen LogP contribution in [0.2, 0.25) is 0 Å². The van der Waals surface area contributed by atoms with Gasteiger partial charge in [0, 0.05) is 31.3 Å². The molecule has 0 aromatic heterocycles. The molecule has 138 valence electrons. The summed E-state index contributed by atoms with van der Waals surface area (Å²) in [6.07, 6.45) is 4.10. The molecule has 0 spiro atoms. The minimum atomic E-state index is -0.340. The number of nitrogens with one attached hydrogen (secondary N) is 3. The molecule has 7 heteroatoms. The van der Waals surface area contributed by atoms with Gasteiger partial charge in [-0.3, -0.25) is 9.59 Å². The molecule has 0 saturated carbocycles. The van der Waals surface area contributed by atoms with Crippen LogP contribution >= 0.6 is 12.4 Å². The number of carbonyl (C=O) groups is 2. The van der Waals surface area contributed by atoms with Gasteiger partial charge in [-0.1, -0.05) is 12.1 Å². The minimum Gasteiger partial charge on any atom is -0.368 e. The summed E-state index contributed by atoms with van der Waals surface area (Å²) in [6.45, 7) is 2.12. The molecule has 2 atom stereocenters. The Kier molecular flexibility index (Phi) is 7.68. The molecule has 2 aliphatic rings. The fourth-order valence-electron chi connectivity index (χ4n) is 3.19. The Hall–Kier alpha value is -1.63. The Balaban J connectivity index is 0.00000225. The Morgan fingerprint density at radius 1 is 1.24 bits per heavy atom. The van der Waals surface area contributed by atoms with Gasteiger partial charge < -0.3 is 20.7 Å². The molecule has 0 radical (unpaired) electrons. The number of rotatable bonds is 6. The van der Waals surface area contributed by atoms with Gasteiger partial charge in [0.05, 0.1) is 0 Å². The molecule has 1 aromatic carbocycles. The Morgan fingerprint density at radius 3 is 2.84 bits per heavy atom. The number of ether oxygens (including phenoxy) is 1. The zero-order valence-corrected chi connectivity index (χ0v) is 15.1. The topological polar surface area (TPSA) is 79.5 Å². The lowest BCUT2D eigenvalue weighted by molar-refractivity contribution is -0.124. The molecule has 1 aromatic rings. The number of amides is 2. The summed E-state index contributed by atoms with van der Waals surface area (Å²) in [7, 11) is 0. The second kappa shape index (κ2) is 9.75. The van der Waals surface area contributed by atoms with E-state index >= 15 is 0 Å². The first-order valence-electron chi connectivity index (χ1n) is 8.72. The van der Waals surface area contributed by atoms with Crippen LogP contribution in [-0.2, 0) is 20.9 Å². The molecular formula is C18H26ClN3O3. The van der Waals surface area contributed by atoms with Gasteiger partial charge >= 0.3 is 0 Å². The third-order valence-electron chi connectivity index (χ3n) is 4.50. The number of carbonyl (C=O) groups excluding carboxylic acids is 2. The van der Waals surface area contributed by atoms with Crippen LogP contribution < -0.4 is 16.0 Å². The molecule has 2 aliphatic heterocycles. The zero-order valence-electron chi connectivity index (χ0n) is 14.3. The van der Waals surface area contributed by atoms with Gasteiger partial charge in [-0.2, -0.15) is 0 Å². The Labute approximate surface area is 154 Å². The van der Waals surface area contributed by atoms with E-state index < -0.39 is 0 Å². The molecule has 2 fully saturated rings. The molecule has 2 heterocycles. The second-order valence-electron chi connectivity index (χ2n) is 6.47. The predicted molar refractivity (Wildman–Crippen MR) is 98.8 cm³/mol. The highest BCUT2D eigenvalue weighted by Crippen LogP contribution is 2.16. The Morgan fingerprint density at radius 2 is 2.12 bits per heavy atom. The van der Waals surface area contributed by atoms with Gasteiger partial charge in [-0.25, -0.2) is 0 Å². The highest BCUT2D eigenvalue weighted by molar-refractivity contribution is 5.94. The highest BCUT2D eigenvalue weighted by Gasteiger charge is 2.23. The molecule has 3 rings (SSSR count). The van der Waals surface area contributed by atoms with Crippen molar-refractivity contribution in [2.75, 3.05) is 18.5 Å². The number of halogens is 1. The van der Waals surface area contributed by atoms with E-state index in [4.69, 9.17) is 4.74 Å². The number of anilines is 1.